The summed E-state index contributed by atoms with van der Waals surface area (Å²) in [6, 6.07) is 3.09. The fourth-order valence-corrected chi connectivity index (χ4v) is 2.74. The van der Waals surface area contributed by atoms with Crippen LogP contribution < -0.4 is 10.5 Å². The molecule has 0 spiro atoms. The van der Waals surface area contributed by atoms with E-state index < -0.39 is 33.9 Å². The summed E-state index contributed by atoms with van der Waals surface area (Å²) >= 11 is 0. The number of aliphatic hydroxyl groups excluding tert-OH is 1. The van der Waals surface area contributed by atoms with Gasteiger partial charge in [0.05, 0.1) is 10.5 Å². The number of primary amides is 1. The number of carbonyl (C=O) groups excluding carboxylic acids is 1. The second-order valence-corrected chi connectivity index (χ2v) is 6.38. The highest BCUT2D eigenvalue weighted by Crippen LogP contribution is 2.16. The summed E-state index contributed by atoms with van der Waals surface area (Å²) in [7, 11) is -4.11. The van der Waals surface area contributed by atoms with Crippen LogP contribution in [0.5, 0.6) is 0 Å². The topological polar surface area (TPSA) is 109 Å². The SMILES string of the molecule is CC(C)(NS(=O)(=O)c1ccc(C#CCO)c(F)c1)C(N)=O. The van der Waals surface area contributed by atoms with E-state index in [0.29, 0.717) is 0 Å². The fourth-order valence-electron chi connectivity index (χ4n) is 1.34. The number of carbonyl (C=O) groups is 1. The Hall–Kier alpha value is -1.95. The highest BCUT2D eigenvalue weighted by atomic mass is 32.2. The van der Waals surface area contributed by atoms with Gasteiger partial charge in [-0.15, -0.1) is 0 Å². The highest BCUT2D eigenvalue weighted by molar-refractivity contribution is 7.89. The van der Waals surface area contributed by atoms with Crippen LogP contribution in [0.2, 0.25) is 0 Å². The highest BCUT2D eigenvalue weighted by Gasteiger charge is 2.31. The summed E-state index contributed by atoms with van der Waals surface area (Å²) in [4.78, 5) is 10.8. The molecule has 0 aliphatic carbocycles. The molecule has 0 atom stereocenters. The van der Waals surface area contributed by atoms with Crippen molar-refractivity contribution in [3.8, 4) is 11.8 Å². The van der Waals surface area contributed by atoms with Gasteiger partial charge in [0.1, 0.15) is 18.0 Å². The molecule has 1 aromatic rings. The number of hydrogen-bond donors (Lipinski definition) is 3. The molecule has 4 N–H and O–H groups in total. The first-order chi connectivity index (χ1) is 9.60. The first kappa shape index (κ1) is 17.1. The third-order valence-electron chi connectivity index (χ3n) is 2.56. The van der Waals surface area contributed by atoms with Crippen LogP contribution in [0.15, 0.2) is 23.1 Å². The minimum atomic E-state index is -4.11. The molecule has 0 heterocycles. The summed E-state index contributed by atoms with van der Waals surface area (Å²) in [5.74, 6) is 2.88. The van der Waals surface area contributed by atoms with Gasteiger partial charge in [0, 0.05) is 0 Å². The Labute approximate surface area is 122 Å². The largest absolute Gasteiger partial charge is 0.384 e. The molecule has 1 amide bonds. The van der Waals surface area contributed by atoms with Crippen molar-refractivity contribution in [1.82, 2.24) is 4.72 Å². The number of amides is 1. The Kier molecular flexibility index (Phi) is 5.06. The van der Waals surface area contributed by atoms with E-state index in [9.17, 15) is 17.6 Å². The number of benzene rings is 1. The second kappa shape index (κ2) is 6.22. The van der Waals surface area contributed by atoms with E-state index in [2.05, 4.69) is 16.6 Å². The first-order valence-corrected chi connectivity index (χ1v) is 7.31. The standard InChI is InChI=1S/C13H15FN2O4S/c1-13(2,12(15)18)16-21(19,20)10-6-5-9(4-3-7-17)11(14)8-10/h5-6,8,16-17H,7H2,1-2H3,(H2,15,18). The van der Waals surface area contributed by atoms with Gasteiger partial charge in [-0.25, -0.2) is 12.8 Å². The van der Waals surface area contributed by atoms with Gasteiger partial charge in [-0.05, 0) is 32.0 Å². The summed E-state index contributed by atoms with van der Waals surface area (Å²) in [6.45, 7) is 2.16. The summed E-state index contributed by atoms with van der Waals surface area (Å²) < 4.78 is 40.0. The molecule has 0 bridgehead atoms. The maximum absolute atomic E-state index is 13.7. The van der Waals surface area contributed by atoms with Crippen LogP contribution in [0.25, 0.3) is 0 Å². The van der Waals surface area contributed by atoms with Crippen molar-refractivity contribution < 1.29 is 22.7 Å². The zero-order chi connectivity index (χ0) is 16.3. The lowest BCUT2D eigenvalue weighted by molar-refractivity contribution is -0.122. The molecule has 21 heavy (non-hydrogen) atoms. The quantitative estimate of drug-likeness (QED) is 0.663. The molecule has 0 fully saturated rings. The Morgan fingerprint density at radius 3 is 2.57 bits per heavy atom. The Bertz CT molecular complexity index is 717. The van der Waals surface area contributed by atoms with E-state index >= 15 is 0 Å². The molecule has 0 aliphatic heterocycles. The Balaban J connectivity index is 3.16. The molecular weight excluding hydrogens is 299 g/mol. The van der Waals surface area contributed by atoms with Crippen LogP contribution in [0.1, 0.15) is 19.4 Å². The molecular formula is C13H15FN2O4S. The predicted molar refractivity (Wildman–Crippen MR) is 74.0 cm³/mol. The van der Waals surface area contributed by atoms with Crippen molar-refractivity contribution in [3.05, 3.63) is 29.6 Å². The molecule has 0 aliphatic rings. The first-order valence-electron chi connectivity index (χ1n) is 5.83. The van der Waals surface area contributed by atoms with Crippen molar-refractivity contribution in [2.75, 3.05) is 6.61 Å². The van der Waals surface area contributed by atoms with Gasteiger partial charge in [0.2, 0.25) is 15.9 Å². The van der Waals surface area contributed by atoms with Crippen LogP contribution in [0, 0.1) is 17.7 Å². The third-order valence-corrected chi connectivity index (χ3v) is 4.21. The maximum atomic E-state index is 13.7. The van der Waals surface area contributed by atoms with Crippen LogP contribution in [-0.4, -0.2) is 31.6 Å². The molecule has 6 nitrogen and oxygen atoms in total. The normalized spacial score (nSPS) is 11.6. The molecule has 8 heteroatoms. The van der Waals surface area contributed by atoms with Crippen LogP contribution in [-0.2, 0) is 14.8 Å². The predicted octanol–water partition coefficient (Wildman–Crippen LogP) is -0.288. The summed E-state index contributed by atoms with van der Waals surface area (Å²) in [5, 5.41) is 8.54. The van der Waals surface area contributed by atoms with Gasteiger partial charge in [-0.2, -0.15) is 4.72 Å². The number of aliphatic hydroxyl groups is 1. The van der Waals surface area contributed by atoms with E-state index in [0.717, 1.165) is 12.1 Å². The van der Waals surface area contributed by atoms with E-state index in [1.165, 1.54) is 19.9 Å². The van der Waals surface area contributed by atoms with E-state index in [-0.39, 0.29) is 10.5 Å². The fraction of sp³-hybridized carbons (Fsp3) is 0.308. The van der Waals surface area contributed by atoms with Crippen molar-refractivity contribution in [2.24, 2.45) is 5.73 Å². The van der Waals surface area contributed by atoms with Crippen molar-refractivity contribution in [2.45, 2.75) is 24.3 Å². The number of nitrogens with two attached hydrogens (primary N) is 1. The number of rotatable bonds is 4. The van der Waals surface area contributed by atoms with Gasteiger partial charge in [-0.3, -0.25) is 4.79 Å². The van der Waals surface area contributed by atoms with Gasteiger partial charge in [-0.1, -0.05) is 11.8 Å². The van der Waals surface area contributed by atoms with E-state index in [4.69, 9.17) is 10.8 Å². The molecule has 0 aromatic heterocycles. The number of nitrogens with one attached hydrogen (secondary N) is 1. The maximum Gasteiger partial charge on any atom is 0.241 e. The lowest BCUT2D eigenvalue weighted by Crippen LogP contribution is -2.52. The monoisotopic (exact) mass is 314 g/mol. The number of halogens is 1. The summed E-state index contributed by atoms with van der Waals surface area (Å²) in [5.41, 5.74) is 3.53. The lowest BCUT2D eigenvalue weighted by atomic mass is 10.1. The minimum Gasteiger partial charge on any atom is -0.384 e. The van der Waals surface area contributed by atoms with Gasteiger partial charge in [0.15, 0.2) is 0 Å². The third kappa shape index (κ3) is 4.26. The van der Waals surface area contributed by atoms with Gasteiger partial charge >= 0.3 is 0 Å². The van der Waals surface area contributed by atoms with Gasteiger partial charge < -0.3 is 10.8 Å². The van der Waals surface area contributed by atoms with E-state index in [1.807, 2.05) is 0 Å². The Morgan fingerprint density at radius 1 is 1.48 bits per heavy atom. The molecule has 0 saturated carbocycles. The van der Waals surface area contributed by atoms with Crippen molar-refractivity contribution in [1.29, 1.82) is 0 Å². The molecule has 114 valence electrons. The van der Waals surface area contributed by atoms with Crippen LogP contribution in [0.4, 0.5) is 4.39 Å². The molecule has 1 aromatic carbocycles. The van der Waals surface area contributed by atoms with Crippen molar-refractivity contribution in [3.63, 3.8) is 0 Å². The molecule has 0 saturated heterocycles. The molecule has 0 radical (unpaired) electrons. The zero-order valence-electron chi connectivity index (χ0n) is 11.5. The molecule has 1 rings (SSSR count). The zero-order valence-corrected chi connectivity index (χ0v) is 12.3. The number of hydrogen-bond acceptors (Lipinski definition) is 4. The smallest absolute Gasteiger partial charge is 0.241 e. The van der Waals surface area contributed by atoms with Gasteiger partial charge in [0.25, 0.3) is 0 Å². The number of sulfonamides is 1. The second-order valence-electron chi connectivity index (χ2n) is 4.70. The van der Waals surface area contributed by atoms with E-state index in [1.54, 1.807) is 0 Å². The lowest BCUT2D eigenvalue weighted by Gasteiger charge is -2.22. The van der Waals surface area contributed by atoms with Crippen LogP contribution >= 0.6 is 0 Å². The minimum absolute atomic E-state index is 0.0443. The summed E-state index contributed by atoms with van der Waals surface area (Å²) in [6.07, 6.45) is 0. The average molecular weight is 314 g/mol. The average Bonchev–Trinajstić information content (AvgIpc) is 2.35. The van der Waals surface area contributed by atoms with Crippen LogP contribution in [0.3, 0.4) is 0 Å². The molecule has 0 unspecified atom stereocenters. The van der Waals surface area contributed by atoms with Crippen molar-refractivity contribution >= 4 is 15.9 Å². The Morgan fingerprint density at radius 2 is 2.10 bits per heavy atom.